The highest BCUT2D eigenvalue weighted by molar-refractivity contribution is 5.79. The molecular weight excluding hydrogens is 226 g/mol. The van der Waals surface area contributed by atoms with E-state index in [0.717, 1.165) is 26.1 Å². The van der Waals surface area contributed by atoms with E-state index in [1.807, 2.05) is 0 Å². The van der Waals surface area contributed by atoms with Gasteiger partial charge in [0.15, 0.2) is 0 Å². The van der Waals surface area contributed by atoms with Crippen LogP contribution in [0.3, 0.4) is 0 Å². The highest BCUT2D eigenvalue weighted by Crippen LogP contribution is 2.03. The summed E-state index contributed by atoms with van der Waals surface area (Å²) >= 11 is 0. The van der Waals surface area contributed by atoms with Crippen LogP contribution >= 0.6 is 0 Å². The van der Waals surface area contributed by atoms with Gasteiger partial charge < -0.3 is 10.2 Å². The second kappa shape index (κ2) is 10.1. The Morgan fingerprint density at radius 3 is 2.28 bits per heavy atom. The molecule has 1 unspecified atom stereocenters. The fraction of sp³-hybridized carbons (Fsp3) is 0.923. The van der Waals surface area contributed by atoms with Crippen molar-refractivity contribution in [2.24, 2.45) is 10.8 Å². The molecule has 0 rings (SSSR count). The van der Waals surface area contributed by atoms with E-state index in [1.165, 1.54) is 6.42 Å². The zero-order valence-corrected chi connectivity index (χ0v) is 12.7. The summed E-state index contributed by atoms with van der Waals surface area (Å²) in [6.07, 6.45) is 2.26. The minimum Gasteiger partial charge on any atom is -0.353 e. The Bertz CT molecular complexity index is 223. The summed E-state index contributed by atoms with van der Waals surface area (Å²) in [5.74, 6) is 6.12. The van der Waals surface area contributed by atoms with E-state index in [1.54, 1.807) is 0 Å². The zero-order chi connectivity index (χ0) is 14.0. The first kappa shape index (κ1) is 17.2. The Labute approximate surface area is 112 Å². The summed E-state index contributed by atoms with van der Waals surface area (Å²) in [6.45, 7) is 14.1. The molecule has 0 aliphatic rings. The van der Waals surface area contributed by atoms with Gasteiger partial charge >= 0.3 is 0 Å². The molecule has 0 radical (unpaired) electrons. The van der Waals surface area contributed by atoms with Crippen LogP contribution in [0.1, 0.15) is 47.5 Å². The molecular formula is C13H31N5. The Kier molecular flexibility index (Phi) is 9.69. The third kappa shape index (κ3) is 8.31. The standard InChI is InChI=1S/C13H31N5/c1-6-18(7-2)10-8-9-12(5)16-13(17-14)15-11(3)4/h11-12H,6-10,14H2,1-5H3,(H2,15,16,17). The van der Waals surface area contributed by atoms with Gasteiger partial charge in [-0.25, -0.2) is 10.8 Å². The summed E-state index contributed by atoms with van der Waals surface area (Å²) in [6, 6.07) is 0.625. The van der Waals surface area contributed by atoms with Crippen molar-refractivity contribution >= 4 is 5.96 Å². The van der Waals surface area contributed by atoms with E-state index in [2.05, 4.69) is 55.3 Å². The van der Waals surface area contributed by atoms with Crippen molar-refractivity contribution in [1.29, 1.82) is 0 Å². The molecule has 0 fully saturated rings. The molecule has 5 nitrogen and oxygen atoms in total. The smallest absolute Gasteiger partial charge is 0.206 e. The average Bonchev–Trinajstić information content (AvgIpc) is 2.33. The summed E-state index contributed by atoms with van der Waals surface area (Å²) < 4.78 is 0. The SMILES string of the molecule is CCN(CC)CCCC(C)N=C(NN)NC(C)C. The molecule has 0 saturated carbocycles. The van der Waals surface area contributed by atoms with Gasteiger partial charge in [0.25, 0.3) is 0 Å². The Morgan fingerprint density at radius 2 is 1.83 bits per heavy atom. The van der Waals surface area contributed by atoms with Crippen molar-refractivity contribution in [2.45, 2.75) is 59.5 Å². The normalized spacial score (nSPS) is 14.1. The molecule has 0 aromatic heterocycles. The summed E-state index contributed by atoms with van der Waals surface area (Å²) in [7, 11) is 0. The lowest BCUT2D eigenvalue weighted by atomic mass is 10.2. The second-order valence-electron chi connectivity index (χ2n) is 4.94. The third-order valence-corrected chi connectivity index (χ3v) is 2.90. The van der Waals surface area contributed by atoms with Crippen molar-refractivity contribution in [3.63, 3.8) is 0 Å². The molecule has 1 atom stereocenters. The highest BCUT2D eigenvalue weighted by atomic mass is 15.3. The molecule has 0 aromatic carbocycles. The lowest BCUT2D eigenvalue weighted by Gasteiger charge is -2.19. The van der Waals surface area contributed by atoms with Crippen LogP contribution in [0.2, 0.25) is 0 Å². The topological polar surface area (TPSA) is 65.7 Å². The number of aliphatic imine (C=N–C) groups is 1. The first-order valence-electron chi connectivity index (χ1n) is 7.06. The maximum atomic E-state index is 5.44. The minimum atomic E-state index is 0.290. The van der Waals surface area contributed by atoms with Crippen LogP contribution in [-0.4, -0.2) is 42.6 Å². The van der Waals surface area contributed by atoms with Gasteiger partial charge in [-0.1, -0.05) is 13.8 Å². The van der Waals surface area contributed by atoms with Crippen LogP contribution in [0.5, 0.6) is 0 Å². The third-order valence-electron chi connectivity index (χ3n) is 2.90. The summed E-state index contributed by atoms with van der Waals surface area (Å²) in [5, 5.41) is 3.19. The van der Waals surface area contributed by atoms with Crippen LogP contribution in [0.15, 0.2) is 4.99 Å². The number of hydrazine groups is 1. The van der Waals surface area contributed by atoms with Crippen LogP contribution in [0.25, 0.3) is 0 Å². The molecule has 0 amide bonds. The van der Waals surface area contributed by atoms with Crippen molar-refractivity contribution in [2.75, 3.05) is 19.6 Å². The van der Waals surface area contributed by atoms with Gasteiger partial charge in [0.2, 0.25) is 5.96 Å². The predicted molar refractivity (Wildman–Crippen MR) is 79.5 cm³/mol. The average molecular weight is 257 g/mol. The lowest BCUT2D eigenvalue weighted by Crippen LogP contribution is -2.45. The van der Waals surface area contributed by atoms with Gasteiger partial charge in [-0.15, -0.1) is 0 Å². The molecule has 0 heterocycles. The Morgan fingerprint density at radius 1 is 1.22 bits per heavy atom. The van der Waals surface area contributed by atoms with Gasteiger partial charge in [-0.3, -0.25) is 5.43 Å². The number of nitrogens with zero attached hydrogens (tertiary/aromatic N) is 2. The van der Waals surface area contributed by atoms with Crippen LogP contribution in [0.4, 0.5) is 0 Å². The molecule has 0 aliphatic heterocycles. The quantitative estimate of drug-likeness (QED) is 0.265. The lowest BCUT2D eigenvalue weighted by molar-refractivity contribution is 0.294. The summed E-state index contributed by atoms with van der Waals surface area (Å²) in [5.41, 5.74) is 2.61. The maximum Gasteiger partial charge on any atom is 0.206 e. The van der Waals surface area contributed by atoms with E-state index in [-0.39, 0.29) is 6.04 Å². The number of guanidine groups is 1. The first-order valence-corrected chi connectivity index (χ1v) is 7.06. The molecule has 4 N–H and O–H groups in total. The van der Waals surface area contributed by atoms with Gasteiger partial charge in [-0.2, -0.15) is 0 Å². The Balaban J connectivity index is 3.99. The number of hydrogen-bond donors (Lipinski definition) is 3. The molecule has 18 heavy (non-hydrogen) atoms. The van der Waals surface area contributed by atoms with Crippen molar-refractivity contribution in [1.82, 2.24) is 15.6 Å². The van der Waals surface area contributed by atoms with Crippen LogP contribution in [-0.2, 0) is 0 Å². The molecule has 0 aromatic rings. The molecule has 5 heteroatoms. The first-order chi connectivity index (χ1) is 8.53. The molecule has 108 valence electrons. The zero-order valence-electron chi connectivity index (χ0n) is 12.7. The van der Waals surface area contributed by atoms with E-state index < -0.39 is 0 Å². The monoisotopic (exact) mass is 257 g/mol. The summed E-state index contributed by atoms with van der Waals surface area (Å²) in [4.78, 5) is 6.97. The molecule has 0 bridgehead atoms. The number of rotatable bonds is 8. The predicted octanol–water partition coefficient (Wildman–Crippen LogP) is 1.31. The van der Waals surface area contributed by atoms with E-state index in [0.29, 0.717) is 12.0 Å². The molecule has 0 spiro atoms. The van der Waals surface area contributed by atoms with Crippen molar-refractivity contribution in [3.8, 4) is 0 Å². The van der Waals surface area contributed by atoms with Gasteiger partial charge in [0, 0.05) is 6.04 Å². The number of nitrogens with one attached hydrogen (secondary N) is 2. The second-order valence-corrected chi connectivity index (χ2v) is 4.94. The largest absolute Gasteiger partial charge is 0.353 e. The minimum absolute atomic E-state index is 0.290. The molecule has 0 saturated heterocycles. The molecule has 0 aliphatic carbocycles. The van der Waals surface area contributed by atoms with E-state index in [4.69, 9.17) is 5.84 Å². The van der Waals surface area contributed by atoms with Gasteiger partial charge in [0.1, 0.15) is 0 Å². The fourth-order valence-electron chi connectivity index (χ4n) is 1.82. The van der Waals surface area contributed by atoms with Gasteiger partial charge in [-0.05, 0) is 53.2 Å². The van der Waals surface area contributed by atoms with Crippen molar-refractivity contribution in [3.05, 3.63) is 0 Å². The number of hydrogen-bond acceptors (Lipinski definition) is 3. The van der Waals surface area contributed by atoms with Crippen LogP contribution in [0, 0.1) is 0 Å². The number of nitrogens with two attached hydrogens (primary N) is 1. The van der Waals surface area contributed by atoms with E-state index >= 15 is 0 Å². The van der Waals surface area contributed by atoms with Gasteiger partial charge in [0.05, 0.1) is 6.04 Å². The fourth-order valence-corrected chi connectivity index (χ4v) is 1.82. The van der Waals surface area contributed by atoms with E-state index in [9.17, 15) is 0 Å². The van der Waals surface area contributed by atoms with Crippen molar-refractivity contribution < 1.29 is 0 Å². The highest BCUT2D eigenvalue weighted by Gasteiger charge is 2.05. The maximum absolute atomic E-state index is 5.44. The Hall–Kier alpha value is -0.810. The van der Waals surface area contributed by atoms with Crippen LogP contribution < -0.4 is 16.6 Å².